The summed E-state index contributed by atoms with van der Waals surface area (Å²) in [7, 11) is 1.66. The van der Waals surface area contributed by atoms with Gasteiger partial charge in [0.25, 0.3) is 0 Å². The molecule has 2 aromatic carbocycles. The van der Waals surface area contributed by atoms with Gasteiger partial charge in [-0.15, -0.1) is 0 Å². The van der Waals surface area contributed by atoms with Gasteiger partial charge in [0.1, 0.15) is 5.75 Å². The molecule has 0 aliphatic carbocycles. The molecule has 1 fully saturated rings. The zero-order valence-electron chi connectivity index (χ0n) is 17.3. The largest absolute Gasteiger partial charge is 0.496 e. The molecule has 1 aliphatic rings. The van der Waals surface area contributed by atoms with E-state index < -0.39 is 0 Å². The number of benzene rings is 2. The summed E-state index contributed by atoms with van der Waals surface area (Å²) in [4.78, 5) is 17.8. The first-order chi connectivity index (χ1) is 14.5. The molecule has 0 saturated carbocycles. The molecular weight excluding hydrogens is 398 g/mol. The minimum absolute atomic E-state index is 0.00536. The van der Waals surface area contributed by atoms with Crippen molar-refractivity contribution in [1.82, 2.24) is 9.88 Å². The highest BCUT2D eigenvalue weighted by atomic mass is 35.5. The summed E-state index contributed by atoms with van der Waals surface area (Å²) >= 11 is 5.71. The van der Waals surface area contributed by atoms with E-state index in [2.05, 4.69) is 16.9 Å². The van der Waals surface area contributed by atoms with E-state index in [0.29, 0.717) is 6.54 Å². The van der Waals surface area contributed by atoms with Gasteiger partial charge in [0.15, 0.2) is 0 Å². The van der Waals surface area contributed by atoms with E-state index in [1.807, 2.05) is 60.4 Å². The maximum Gasteiger partial charge on any atom is 0.246 e. The van der Waals surface area contributed by atoms with E-state index in [0.717, 1.165) is 45.9 Å². The molecule has 5 nitrogen and oxygen atoms in total. The van der Waals surface area contributed by atoms with E-state index in [9.17, 15) is 4.79 Å². The Balaban J connectivity index is 0.000000269. The highest BCUT2D eigenvalue weighted by Crippen LogP contribution is 2.26. The Kier molecular flexibility index (Phi) is 7.31. The van der Waals surface area contributed by atoms with E-state index >= 15 is 0 Å². The molecule has 30 heavy (non-hydrogen) atoms. The van der Waals surface area contributed by atoms with Gasteiger partial charge in [-0.25, -0.2) is 0 Å². The van der Waals surface area contributed by atoms with Gasteiger partial charge in [-0.05, 0) is 55.3 Å². The number of carbonyl (C=O) groups excluding carboxylic acids is 1. The van der Waals surface area contributed by atoms with Gasteiger partial charge in [-0.1, -0.05) is 36.4 Å². The smallest absolute Gasteiger partial charge is 0.246 e. The summed E-state index contributed by atoms with van der Waals surface area (Å²) in [6.45, 7) is 6.99. The van der Waals surface area contributed by atoms with Crippen LogP contribution in [0.2, 0.25) is 5.02 Å². The summed E-state index contributed by atoms with van der Waals surface area (Å²) in [5, 5.41) is 5.30. The van der Waals surface area contributed by atoms with Crippen LogP contribution in [-0.4, -0.2) is 42.0 Å². The SMILES string of the molecule is C=CC(=O)N1CCC(Nc2ccc3c(OC)ccnc3c2)C1.Cc1ccccc1Cl. The highest BCUT2D eigenvalue weighted by molar-refractivity contribution is 6.31. The molecule has 1 atom stereocenters. The lowest BCUT2D eigenvalue weighted by Crippen LogP contribution is -2.30. The van der Waals surface area contributed by atoms with Crippen LogP contribution in [0.3, 0.4) is 0 Å². The van der Waals surface area contributed by atoms with Crippen LogP contribution in [0.5, 0.6) is 5.75 Å². The van der Waals surface area contributed by atoms with Gasteiger partial charge >= 0.3 is 0 Å². The average Bonchev–Trinajstić information content (AvgIpc) is 3.23. The number of hydrogen-bond acceptors (Lipinski definition) is 4. The van der Waals surface area contributed by atoms with Crippen molar-refractivity contribution >= 4 is 34.1 Å². The van der Waals surface area contributed by atoms with Crippen molar-refractivity contribution in [3.05, 3.63) is 78.0 Å². The number of methoxy groups -OCH3 is 1. The first kappa shape index (κ1) is 21.7. The van der Waals surface area contributed by atoms with Gasteiger partial charge in [0, 0.05) is 41.4 Å². The topological polar surface area (TPSA) is 54.5 Å². The molecule has 0 radical (unpaired) electrons. The first-order valence-corrected chi connectivity index (χ1v) is 10.2. The second-order valence-electron chi connectivity index (χ2n) is 7.11. The van der Waals surface area contributed by atoms with E-state index in [-0.39, 0.29) is 11.9 Å². The van der Waals surface area contributed by atoms with Crippen LogP contribution in [0.15, 0.2) is 67.4 Å². The van der Waals surface area contributed by atoms with Crippen molar-refractivity contribution in [3.63, 3.8) is 0 Å². The zero-order chi connectivity index (χ0) is 21.5. The molecule has 0 spiro atoms. The lowest BCUT2D eigenvalue weighted by molar-refractivity contribution is -0.125. The first-order valence-electron chi connectivity index (χ1n) is 9.83. The summed E-state index contributed by atoms with van der Waals surface area (Å²) in [5.74, 6) is 0.814. The molecule has 6 heteroatoms. The molecule has 4 rings (SSSR count). The van der Waals surface area contributed by atoms with E-state index in [1.165, 1.54) is 6.08 Å². The number of nitrogens with one attached hydrogen (secondary N) is 1. The number of amides is 1. The number of ether oxygens (including phenoxy) is 1. The van der Waals surface area contributed by atoms with Crippen LogP contribution in [0.1, 0.15) is 12.0 Å². The molecule has 1 saturated heterocycles. The van der Waals surface area contributed by atoms with Crippen molar-refractivity contribution < 1.29 is 9.53 Å². The average molecular weight is 424 g/mol. The minimum atomic E-state index is -0.00536. The Hall–Kier alpha value is -3.05. The Morgan fingerprint density at radius 1 is 1.30 bits per heavy atom. The number of halogens is 1. The monoisotopic (exact) mass is 423 g/mol. The van der Waals surface area contributed by atoms with Crippen molar-refractivity contribution in [3.8, 4) is 5.75 Å². The third-order valence-electron chi connectivity index (χ3n) is 5.04. The molecule has 2 heterocycles. The number of fused-ring (bicyclic) bond motifs is 1. The number of pyridine rings is 1. The number of aromatic nitrogens is 1. The summed E-state index contributed by atoms with van der Waals surface area (Å²) in [6, 6.07) is 15.9. The normalized spacial score (nSPS) is 15.3. The predicted octanol–water partition coefficient (Wildman–Crippen LogP) is 5.09. The fourth-order valence-electron chi connectivity index (χ4n) is 3.38. The van der Waals surface area contributed by atoms with E-state index in [4.69, 9.17) is 16.3 Å². The fraction of sp³-hybridized carbons (Fsp3) is 0.250. The fourth-order valence-corrected chi connectivity index (χ4v) is 3.52. The van der Waals surface area contributed by atoms with Crippen molar-refractivity contribution in [2.45, 2.75) is 19.4 Å². The van der Waals surface area contributed by atoms with Crippen LogP contribution in [0.25, 0.3) is 10.9 Å². The number of anilines is 1. The van der Waals surface area contributed by atoms with Crippen molar-refractivity contribution in [1.29, 1.82) is 0 Å². The number of nitrogens with zero attached hydrogens (tertiary/aromatic N) is 2. The Morgan fingerprint density at radius 2 is 2.10 bits per heavy atom. The van der Waals surface area contributed by atoms with Gasteiger partial charge in [-0.3, -0.25) is 9.78 Å². The summed E-state index contributed by atoms with van der Waals surface area (Å²) < 4.78 is 5.34. The molecule has 1 aliphatic heterocycles. The van der Waals surface area contributed by atoms with Crippen molar-refractivity contribution in [2.75, 3.05) is 25.5 Å². The molecule has 0 bridgehead atoms. The molecule has 3 aromatic rings. The van der Waals surface area contributed by atoms with Crippen LogP contribution in [0, 0.1) is 6.92 Å². The quantitative estimate of drug-likeness (QED) is 0.594. The van der Waals surface area contributed by atoms with Gasteiger partial charge in [0.05, 0.1) is 12.6 Å². The second-order valence-corrected chi connectivity index (χ2v) is 7.52. The Labute approximate surface area is 182 Å². The Bertz CT molecular complexity index is 1020. The highest BCUT2D eigenvalue weighted by Gasteiger charge is 2.24. The van der Waals surface area contributed by atoms with Crippen LogP contribution >= 0.6 is 11.6 Å². The number of rotatable bonds is 4. The third kappa shape index (κ3) is 5.30. The number of carbonyl (C=O) groups is 1. The standard InChI is InChI=1S/C17H19N3O2.C7H7Cl/c1-3-17(21)20-9-7-13(11-20)19-12-4-5-14-15(10-12)18-8-6-16(14)22-2;1-6-4-2-3-5-7(6)8/h3-6,8,10,13,19H,1,7,9,11H2,2H3;2-5H,1H3. The van der Waals surface area contributed by atoms with Crippen molar-refractivity contribution in [2.24, 2.45) is 0 Å². The maximum atomic E-state index is 11.6. The van der Waals surface area contributed by atoms with Crippen LogP contribution in [-0.2, 0) is 4.79 Å². The molecule has 1 N–H and O–H groups in total. The lowest BCUT2D eigenvalue weighted by Gasteiger charge is -2.16. The maximum absolute atomic E-state index is 11.6. The van der Waals surface area contributed by atoms with E-state index in [1.54, 1.807) is 13.3 Å². The number of aryl methyl sites for hydroxylation is 1. The van der Waals surface area contributed by atoms with Crippen LogP contribution in [0.4, 0.5) is 5.69 Å². The van der Waals surface area contributed by atoms with Crippen LogP contribution < -0.4 is 10.1 Å². The number of hydrogen-bond donors (Lipinski definition) is 1. The summed E-state index contributed by atoms with van der Waals surface area (Å²) in [5.41, 5.74) is 3.03. The molecule has 1 aromatic heterocycles. The number of likely N-dealkylation sites (tertiary alicyclic amines) is 1. The summed E-state index contributed by atoms with van der Waals surface area (Å²) in [6.07, 6.45) is 4.04. The van der Waals surface area contributed by atoms with Gasteiger partial charge < -0.3 is 15.0 Å². The predicted molar refractivity (Wildman–Crippen MR) is 123 cm³/mol. The molecule has 156 valence electrons. The van der Waals surface area contributed by atoms with Gasteiger partial charge in [-0.2, -0.15) is 0 Å². The minimum Gasteiger partial charge on any atom is -0.496 e. The second kappa shape index (κ2) is 10.1. The molecule has 1 amide bonds. The third-order valence-corrected chi connectivity index (χ3v) is 5.47. The van der Waals surface area contributed by atoms with Gasteiger partial charge in [0.2, 0.25) is 5.91 Å². The zero-order valence-corrected chi connectivity index (χ0v) is 18.0. The Morgan fingerprint density at radius 3 is 2.77 bits per heavy atom. The molecule has 1 unspecified atom stereocenters. The lowest BCUT2D eigenvalue weighted by atomic mass is 10.1. The molecular formula is C24H26ClN3O2.